The number of hydrogen-bond acceptors (Lipinski definition) is 4. The summed E-state index contributed by atoms with van der Waals surface area (Å²) in [6.07, 6.45) is 0. The predicted octanol–water partition coefficient (Wildman–Crippen LogP) is 13.1. The molecule has 2 heterocycles. The number of para-hydroxylation sites is 4. The van der Waals surface area contributed by atoms with Gasteiger partial charge in [0.05, 0.1) is 11.0 Å². The Labute approximate surface area is 325 Å². The van der Waals surface area contributed by atoms with Crippen LogP contribution in [-0.4, -0.2) is 19.5 Å². The van der Waals surface area contributed by atoms with Gasteiger partial charge in [-0.2, -0.15) is 9.97 Å². The molecule has 8 aromatic carbocycles. The van der Waals surface area contributed by atoms with E-state index in [0.29, 0.717) is 17.6 Å². The highest BCUT2D eigenvalue weighted by atomic mass is 15.2. The fourth-order valence-corrected chi connectivity index (χ4v) is 7.73. The quantitative estimate of drug-likeness (QED) is 0.157. The van der Waals surface area contributed by atoms with Crippen molar-refractivity contribution >= 4 is 38.9 Å². The van der Waals surface area contributed by atoms with Gasteiger partial charge in [0.15, 0.2) is 11.6 Å². The maximum atomic E-state index is 5.34. The molecule has 0 N–H and O–H groups in total. The molecule has 0 atom stereocenters. The Kier molecular flexibility index (Phi) is 8.43. The fraction of sp³-hybridized carbons (Fsp3) is 0. The van der Waals surface area contributed by atoms with E-state index in [0.717, 1.165) is 72.2 Å². The molecule has 0 unspecified atom stereocenters. The molecule has 5 nitrogen and oxygen atoms in total. The van der Waals surface area contributed by atoms with E-state index in [1.54, 1.807) is 0 Å². The largest absolute Gasteiger partial charge is 0.310 e. The predicted molar refractivity (Wildman–Crippen MR) is 231 cm³/mol. The molecule has 0 aliphatic rings. The average Bonchev–Trinajstić information content (AvgIpc) is 3.62. The summed E-state index contributed by atoms with van der Waals surface area (Å²) in [5.74, 6) is 1.76. The van der Waals surface area contributed by atoms with Gasteiger partial charge in [0.1, 0.15) is 0 Å². The van der Waals surface area contributed by atoms with E-state index >= 15 is 0 Å². The molecule has 10 aromatic rings. The molecule has 0 saturated heterocycles. The fourth-order valence-electron chi connectivity index (χ4n) is 7.73. The Balaban J connectivity index is 1.20. The van der Waals surface area contributed by atoms with Gasteiger partial charge in [0.25, 0.3) is 0 Å². The van der Waals surface area contributed by atoms with Gasteiger partial charge in [-0.3, -0.25) is 4.57 Å². The van der Waals surface area contributed by atoms with Crippen LogP contribution in [0.1, 0.15) is 0 Å². The summed E-state index contributed by atoms with van der Waals surface area (Å²) < 4.78 is 2.17. The maximum absolute atomic E-state index is 5.34. The second-order valence-corrected chi connectivity index (χ2v) is 13.7. The van der Waals surface area contributed by atoms with Crippen molar-refractivity contribution in [2.24, 2.45) is 0 Å². The highest BCUT2D eigenvalue weighted by Gasteiger charge is 2.21. The van der Waals surface area contributed by atoms with Gasteiger partial charge in [-0.1, -0.05) is 164 Å². The van der Waals surface area contributed by atoms with E-state index in [2.05, 4.69) is 204 Å². The number of nitrogens with zero attached hydrogens (tertiary/aromatic N) is 5. The van der Waals surface area contributed by atoms with Crippen LogP contribution in [0.5, 0.6) is 0 Å². The molecule has 5 heteroatoms. The number of aromatic nitrogens is 4. The van der Waals surface area contributed by atoms with Crippen molar-refractivity contribution in [3.63, 3.8) is 0 Å². The zero-order chi connectivity index (χ0) is 37.3. The Hall–Kier alpha value is -7.63. The molecule has 56 heavy (non-hydrogen) atoms. The van der Waals surface area contributed by atoms with Crippen LogP contribution >= 0.6 is 0 Å². The van der Waals surface area contributed by atoms with Crippen molar-refractivity contribution in [3.05, 3.63) is 212 Å². The van der Waals surface area contributed by atoms with Crippen molar-refractivity contribution in [2.45, 2.75) is 0 Å². The topological polar surface area (TPSA) is 46.8 Å². The third-order valence-electron chi connectivity index (χ3n) is 10.3. The summed E-state index contributed by atoms with van der Waals surface area (Å²) in [6, 6.07) is 73.8. The minimum atomic E-state index is 0.563. The Morgan fingerprint density at radius 3 is 1.29 bits per heavy atom. The maximum Gasteiger partial charge on any atom is 0.238 e. The lowest BCUT2D eigenvalue weighted by molar-refractivity contribution is 0.954. The summed E-state index contributed by atoms with van der Waals surface area (Å²) in [5.41, 5.74) is 11.4. The molecule has 0 aliphatic heterocycles. The molecule has 0 aliphatic carbocycles. The first-order valence-corrected chi connectivity index (χ1v) is 18.8. The van der Waals surface area contributed by atoms with Gasteiger partial charge in [0.2, 0.25) is 5.95 Å². The van der Waals surface area contributed by atoms with Crippen molar-refractivity contribution in [1.82, 2.24) is 19.5 Å². The smallest absolute Gasteiger partial charge is 0.238 e. The van der Waals surface area contributed by atoms with Crippen LogP contribution < -0.4 is 4.90 Å². The lowest BCUT2D eigenvalue weighted by Crippen LogP contribution is -2.09. The second-order valence-electron chi connectivity index (χ2n) is 13.7. The van der Waals surface area contributed by atoms with Crippen LogP contribution in [0.2, 0.25) is 0 Å². The number of anilines is 3. The Bertz CT molecular complexity index is 2880. The van der Waals surface area contributed by atoms with Gasteiger partial charge in [-0.25, -0.2) is 4.98 Å². The van der Waals surface area contributed by atoms with E-state index < -0.39 is 0 Å². The lowest BCUT2D eigenvalue weighted by Gasteiger charge is -2.26. The van der Waals surface area contributed by atoms with Gasteiger partial charge in [-0.15, -0.1) is 0 Å². The lowest BCUT2D eigenvalue weighted by atomic mass is 9.97. The van der Waals surface area contributed by atoms with Gasteiger partial charge in [-0.05, 0) is 70.8 Å². The third-order valence-corrected chi connectivity index (χ3v) is 10.3. The van der Waals surface area contributed by atoms with Crippen LogP contribution in [0, 0.1) is 0 Å². The van der Waals surface area contributed by atoms with E-state index in [9.17, 15) is 0 Å². The van der Waals surface area contributed by atoms with E-state index in [1.165, 1.54) is 0 Å². The van der Waals surface area contributed by atoms with Crippen LogP contribution in [0.25, 0.3) is 72.8 Å². The second kappa shape index (κ2) is 14.3. The first kappa shape index (κ1) is 33.0. The molecule has 0 saturated carbocycles. The molecule has 0 amide bonds. The van der Waals surface area contributed by atoms with Gasteiger partial charge >= 0.3 is 0 Å². The Morgan fingerprint density at radius 2 is 0.732 bits per heavy atom. The van der Waals surface area contributed by atoms with E-state index in [4.69, 9.17) is 15.0 Å². The molecule has 0 bridgehead atoms. The molecule has 0 fully saturated rings. The molecular formula is C51H35N5. The number of hydrogen-bond donors (Lipinski definition) is 0. The standard InChI is InChI=1S/C51H35N5/c1-4-19-36(20-5-1)41-27-10-12-31-45(41)49-52-50(54-51(53-49)56-47-33-16-14-29-43(47)44-30-15-17-34-48(44)56)46-32-13-11-28-42(46)37-21-18-26-40(35-37)55(38-22-6-2-7-23-38)39-24-8-3-9-25-39/h1-35H. The van der Waals surface area contributed by atoms with E-state index in [1.807, 2.05) is 18.2 Å². The highest BCUT2D eigenvalue weighted by molar-refractivity contribution is 6.09. The van der Waals surface area contributed by atoms with Crippen molar-refractivity contribution in [2.75, 3.05) is 4.90 Å². The molecule has 0 spiro atoms. The highest BCUT2D eigenvalue weighted by Crippen LogP contribution is 2.40. The normalized spacial score (nSPS) is 11.2. The van der Waals surface area contributed by atoms with Crippen LogP contribution in [0.15, 0.2) is 212 Å². The summed E-state index contributed by atoms with van der Waals surface area (Å²) in [7, 11) is 0. The molecule has 0 radical (unpaired) electrons. The van der Waals surface area contributed by atoms with Crippen LogP contribution in [0.4, 0.5) is 17.1 Å². The summed E-state index contributed by atoms with van der Waals surface area (Å²) in [5, 5.41) is 2.30. The summed E-state index contributed by atoms with van der Waals surface area (Å²) in [6.45, 7) is 0. The van der Waals surface area contributed by atoms with Crippen LogP contribution in [-0.2, 0) is 0 Å². The minimum absolute atomic E-state index is 0.563. The molecular weight excluding hydrogens is 683 g/mol. The molecule has 264 valence electrons. The van der Waals surface area contributed by atoms with Crippen molar-refractivity contribution in [1.29, 1.82) is 0 Å². The summed E-state index contributed by atoms with van der Waals surface area (Å²) >= 11 is 0. The number of fused-ring (bicyclic) bond motifs is 3. The van der Waals surface area contributed by atoms with Gasteiger partial charge in [0, 0.05) is 39.0 Å². The number of benzene rings is 8. The van der Waals surface area contributed by atoms with E-state index in [-0.39, 0.29) is 0 Å². The third kappa shape index (κ3) is 5.98. The monoisotopic (exact) mass is 717 g/mol. The van der Waals surface area contributed by atoms with Gasteiger partial charge < -0.3 is 4.90 Å². The average molecular weight is 718 g/mol. The zero-order valence-electron chi connectivity index (χ0n) is 30.4. The Morgan fingerprint density at radius 1 is 0.321 bits per heavy atom. The first-order valence-electron chi connectivity index (χ1n) is 18.8. The van der Waals surface area contributed by atoms with Crippen molar-refractivity contribution < 1.29 is 0 Å². The van der Waals surface area contributed by atoms with Crippen LogP contribution in [0.3, 0.4) is 0 Å². The minimum Gasteiger partial charge on any atom is -0.310 e. The summed E-state index contributed by atoms with van der Waals surface area (Å²) in [4.78, 5) is 18.3. The molecule has 2 aromatic heterocycles. The first-order chi connectivity index (χ1) is 27.8. The molecule has 10 rings (SSSR count). The zero-order valence-corrected chi connectivity index (χ0v) is 30.4. The van der Waals surface area contributed by atoms with Crippen molar-refractivity contribution in [3.8, 4) is 51.0 Å². The SMILES string of the molecule is c1ccc(-c2ccccc2-c2nc(-c3ccccc3-c3cccc(N(c4ccccc4)c4ccccc4)c3)nc(-n3c4ccccc4c4ccccc43)n2)cc1. The number of rotatable bonds is 8.